The zero-order valence-corrected chi connectivity index (χ0v) is 12.3. The van der Waals surface area contributed by atoms with Crippen molar-refractivity contribution in [3.05, 3.63) is 82.8 Å². The first-order valence-electron chi connectivity index (χ1n) is 7.41. The number of benzene rings is 2. The van der Waals surface area contributed by atoms with Gasteiger partial charge in [0.25, 0.3) is 0 Å². The van der Waals surface area contributed by atoms with Crippen LogP contribution in [-0.2, 0) is 6.54 Å². The summed E-state index contributed by atoms with van der Waals surface area (Å²) in [6, 6.07) is 19.4. The summed E-state index contributed by atoms with van der Waals surface area (Å²) in [6.45, 7) is 0.596. The molecule has 0 atom stereocenters. The Bertz CT molecular complexity index is 1040. The molecule has 2 aromatic heterocycles. The average Bonchev–Trinajstić information content (AvgIpc) is 2.61. The van der Waals surface area contributed by atoms with Gasteiger partial charge >= 0.3 is 5.63 Å². The van der Waals surface area contributed by atoms with Gasteiger partial charge in [-0.2, -0.15) is 0 Å². The van der Waals surface area contributed by atoms with E-state index in [1.807, 2.05) is 54.6 Å². The van der Waals surface area contributed by atoms with Crippen molar-refractivity contribution in [1.82, 2.24) is 4.98 Å². The summed E-state index contributed by atoms with van der Waals surface area (Å²) in [5, 5.41) is 5.49. The Balaban J connectivity index is 1.84. The van der Waals surface area contributed by atoms with Crippen molar-refractivity contribution in [2.24, 2.45) is 0 Å². The van der Waals surface area contributed by atoms with E-state index < -0.39 is 0 Å². The third kappa shape index (κ3) is 2.44. The first-order chi connectivity index (χ1) is 11.3. The quantitative estimate of drug-likeness (QED) is 0.460. The number of anilines is 1. The number of hydrogen-bond donors (Lipinski definition) is 1. The predicted molar refractivity (Wildman–Crippen MR) is 91.6 cm³/mol. The van der Waals surface area contributed by atoms with Crippen molar-refractivity contribution >= 4 is 27.6 Å². The summed E-state index contributed by atoms with van der Waals surface area (Å²) in [7, 11) is 0. The van der Waals surface area contributed by atoms with Gasteiger partial charge in [0.05, 0.1) is 0 Å². The van der Waals surface area contributed by atoms with E-state index in [-0.39, 0.29) is 5.63 Å². The summed E-state index contributed by atoms with van der Waals surface area (Å²) in [5.41, 5.74) is 1.34. The van der Waals surface area contributed by atoms with Gasteiger partial charge in [0.15, 0.2) is 0 Å². The number of aromatic nitrogens is 1. The van der Waals surface area contributed by atoms with Crippen molar-refractivity contribution in [2.45, 2.75) is 6.54 Å². The molecule has 4 rings (SSSR count). The molecule has 23 heavy (non-hydrogen) atoms. The van der Waals surface area contributed by atoms with E-state index in [4.69, 9.17) is 4.42 Å². The molecule has 0 amide bonds. The van der Waals surface area contributed by atoms with E-state index in [0.717, 1.165) is 16.3 Å². The SMILES string of the molecule is O=c1oc2ccccc2c2ccnc(NCc3ccccc3)c12. The van der Waals surface area contributed by atoms with Gasteiger partial charge in [0.1, 0.15) is 16.8 Å². The molecule has 112 valence electrons. The highest BCUT2D eigenvalue weighted by molar-refractivity contribution is 6.07. The van der Waals surface area contributed by atoms with Gasteiger partial charge in [-0.1, -0.05) is 48.5 Å². The number of nitrogens with zero attached hydrogens (tertiary/aromatic N) is 1. The minimum Gasteiger partial charge on any atom is -0.422 e. The van der Waals surface area contributed by atoms with Crippen LogP contribution in [0.1, 0.15) is 5.56 Å². The second kappa shape index (κ2) is 5.57. The van der Waals surface area contributed by atoms with Crippen LogP contribution in [0.3, 0.4) is 0 Å². The van der Waals surface area contributed by atoms with Gasteiger partial charge in [0.2, 0.25) is 0 Å². The van der Waals surface area contributed by atoms with E-state index in [9.17, 15) is 4.79 Å². The molecule has 4 nitrogen and oxygen atoms in total. The average molecular weight is 302 g/mol. The van der Waals surface area contributed by atoms with Crippen LogP contribution >= 0.6 is 0 Å². The number of hydrogen-bond acceptors (Lipinski definition) is 4. The fourth-order valence-corrected chi connectivity index (χ4v) is 2.74. The summed E-state index contributed by atoms with van der Waals surface area (Å²) in [4.78, 5) is 16.7. The van der Waals surface area contributed by atoms with Crippen LogP contribution in [0.2, 0.25) is 0 Å². The zero-order chi connectivity index (χ0) is 15.6. The van der Waals surface area contributed by atoms with Gasteiger partial charge in [-0.3, -0.25) is 0 Å². The Kier molecular flexibility index (Phi) is 3.27. The third-order valence-corrected chi connectivity index (χ3v) is 3.84. The highest BCUT2D eigenvalue weighted by Crippen LogP contribution is 2.26. The van der Waals surface area contributed by atoms with E-state index in [1.54, 1.807) is 12.3 Å². The molecule has 0 bridgehead atoms. The molecule has 0 aliphatic carbocycles. The second-order valence-electron chi connectivity index (χ2n) is 5.31. The zero-order valence-electron chi connectivity index (χ0n) is 12.3. The molecule has 2 aromatic carbocycles. The summed E-state index contributed by atoms with van der Waals surface area (Å²) < 4.78 is 5.43. The molecule has 0 radical (unpaired) electrons. The van der Waals surface area contributed by atoms with Crippen molar-refractivity contribution in [3.8, 4) is 0 Å². The molecule has 0 saturated carbocycles. The summed E-state index contributed by atoms with van der Waals surface area (Å²) >= 11 is 0. The number of rotatable bonds is 3. The van der Waals surface area contributed by atoms with Gasteiger partial charge in [0, 0.05) is 23.5 Å². The maximum absolute atomic E-state index is 12.4. The highest BCUT2D eigenvalue weighted by Gasteiger charge is 2.11. The molecule has 0 fully saturated rings. The molecule has 2 heterocycles. The molecular weight excluding hydrogens is 288 g/mol. The summed E-state index contributed by atoms with van der Waals surface area (Å²) in [6.07, 6.45) is 1.71. The van der Waals surface area contributed by atoms with Crippen LogP contribution in [-0.4, -0.2) is 4.98 Å². The van der Waals surface area contributed by atoms with Crippen LogP contribution in [0.15, 0.2) is 76.1 Å². The largest absolute Gasteiger partial charge is 0.422 e. The van der Waals surface area contributed by atoms with Crippen molar-refractivity contribution in [1.29, 1.82) is 0 Å². The Morgan fingerprint density at radius 3 is 2.57 bits per heavy atom. The normalized spacial score (nSPS) is 11.0. The number of pyridine rings is 1. The maximum Gasteiger partial charge on any atom is 0.347 e. The van der Waals surface area contributed by atoms with Crippen molar-refractivity contribution < 1.29 is 4.42 Å². The minimum absolute atomic E-state index is 0.373. The lowest BCUT2D eigenvalue weighted by Gasteiger charge is -2.09. The minimum atomic E-state index is -0.373. The lowest BCUT2D eigenvalue weighted by molar-refractivity contribution is 0.569. The number of para-hydroxylation sites is 1. The van der Waals surface area contributed by atoms with E-state index in [0.29, 0.717) is 23.3 Å². The van der Waals surface area contributed by atoms with Gasteiger partial charge in [-0.05, 0) is 17.7 Å². The van der Waals surface area contributed by atoms with E-state index in [1.165, 1.54) is 0 Å². The highest BCUT2D eigenvalue weighted by atomic mass is 16.4. The number of fused-ring (bicyclic) bond motifs is 3. The van der Waals surface area contributed by atoms with Gasteiger partial charge in [-0.15, -0.1) is 0 Å². The molecule has 0 aliphatic rings. The monoisotopic (exact) mass is 302 g/mol. The Morgan fingerprint density at radius 1 is 0.913 bits per heavy atom. The Labute approximate surface area is 132 Å². The second-order valence-corrected chi connectivity index (χ2v) is 5.31. The van der Waals surface area contributed by atoms with Crippen LogP contribution in [0.5, 0.6) is 0 Å². The fourth-order valence-electron chi connectivity index (χ4n) is 2.74. The van der Waals surface area contributed by atoms with Crippen molar-refractivity contribution in [2.75, 3.05) is 5.32 Å². The molecule has 4 aromatic rings. The summed E-state index contributed by atoms with van der Waals surface area (Å²) in [5.74, 6) is 0.547. The topological polar surface area (TPSA) is 55.1 Å². The van der Waals surface area contributed by atoms with E-state index >= 15 is 0 Å². The molecular formula is C19H14N2O2. The standard InChI is InChI=1S/C19H14N2O2/c22-19-17-15(14-8-4-5-9-16(14)23-19)10-11-20-18(17)21-12-13-6-2-1-3-7-13/h1-11H,12H2,(H,20,21). The molecule has 1 N–H and O–H groups in total. The number of nitrogens with one attached hydrogen (secondary N) is 1. The van der Waals surface area contributed by atoms with Crippen LogP contribution in [0.25, 0.3) is 21.7 Å². The molecule has 4 heteroatoms. The van der Waals surface area contributed by atoms with Crippen LogP contribution in [0.4, 0.5) is 5.82 Å². The molecule has 0 aliphatic heterocycles. The van der Waals surface area contributed by atoms with Gasteiger partial charge in [-0.25, -0.2) is 9.78 Å². The Hall–Kier alpha value is -3.14. The first-order valence-corrected chi connectivity index (χ1v) is 7.41. The predicted octanol–water partition coefficient (Wildman–Crippen LogP) is 3.95. The van der Waals surface area contributed by atoms with Crippen molar-refractivity contribution in [3.63, 3.8) is 0 Å². The first kappa shape index (κ1) is 13.5. The van der Waals surface area contributed by atoms with Crippen LogP contribution < -0.4 is 10.9 Å². The Morgan fingerprint density at radius 2 is 1.70 bits per heavy atom. The molecule has 0 saturated heterocycles. The third-order valence-electron chi connectivity index (χ3n) is 3.84. The smallest absolute Gasteiger partial charge is 0.347 e. The lowest BCUT2D eigenvalue weighted by Crippen LogP contribution is -2.08. The molecule has 0 unspecified atom stereocenters. The maximum atomic E-state index is 12.4. The lowest BCUT2D eigenvalue weighted by atomic mass is 10.1. The fraction of sp³-hybridized carbons (Fsp3) is 0.0526. The molecule has 0 spiro atoms. The van der Waals surface area contributed by atoms with Gasteiger partial charge < -0.3 is 9.73 Å². The van der Waals surface area contributed by atoms with Crippen LogP contribution in [0, 0.1) is 0 Å². The van der Waals surface area contributed by atoms with E-state index in [2.05, 4.69) is 10.3 Å².